The maximum atomic E-state index is 8.81. The number of hydrogen-bond donors (Lipinski definition) is 0. The Morgan fingerprint density at radius 2 is 1.87 bits per heavy atom. The lowest BCUT2D eigenvalue weighted by molar-refractivity contribution is 0.414. The Morgan fingerprint density at radius 1 is 1.13 bits per heavy atom. The van der Waals surface area contributed by atoms with Gasteiger partial charge >= 0.3 is 0 Å². The molecule has 1 heterocycles. The van der Waals surface area contributed by atoms with Crippen LogP contribution in [-0.2, 0) is 5.75 Å². The molecule has 3 aromatic rings. The normalized spacial score (nSPS) is 10.3. The Balaban J connectivity index is 1.73. The van der Waals surface area contributed by atoms with Gasteiger partial charge in [0.05, 0.1) is 24.4 Å². The van der Waals surface area contributed by atoms with Gasteiger partial charge < -0.3 is 4.74 Å². The van der Waals surface area contributed by atoms with Gasteiger partial charge in [0.15, 0.2) is 0 Å². The molecule has 23 heavy (non-hydrogen) atoms. The Hall–Kier alpha value is -2.85. The van der Waals surface area contributed by atoms with E-state index in [2.05, 4.69) is 21.6 Å². The van der Waals surface area contributed by atoms with Crippen LogP contribution in [0, 0.1) is 11.3 Å². The minimum Gasteiger partial charge on any atom is -0.497 e. The van der Waals surface area contributed by atoms with Gasteiger partial charge in [0.25, 0.3) is 0 Å². The van der Waals surface area contributed by atoms with Crippen molar-refractivity contribution in [2.45, 2.75) is 10.9 Å². The number of hydrogen-bond acceptors (Lipinski definition) is 6. The first kappa shape index (κ1) is 15.1. The zero-order chi connectivity index (χ0) is 16.1. The van der Waals surface area contributed by atoms with Gasteiger partial charge in [-0.2, -0.15) is 9.94 Å². The zero-order valence-corrected chi connectivity index (χ0v) is 13.2. The Bertz CT molecular complexity index is 821. The van der Waals surface area contributed by atoms with Crippen LogP contribution in [0.1, 0.15) is 11.1 Å². The van der Waals surface area contributed by atoms with Crippen molar-refractivity contribution in [3.63, 3.8) is 0 Å². The fraction of sp³-hybridized carbons (Fsp3) is 0.125. The number of tetrazole rings is 1. The molecule has 6 nitrogen and oxygen atoms in total. The molecule has 0 aliphatic rings. The predicted molar refractivity (Wildman–Crippen MR) is 86.4 cm³/mol. The van der Waals surface area contributed by atoms with Gasteiger partial charge in [0, 0.05) is 5.75 Å². The molecule has 1 aromatic heterocycles. The summed E-state index contributed by atoms with van der Waals surface area (Å²) >= 11 is 1.54. The van der Waals surface area contributed by atoms with Crippen molar-refractivity contribution in [2.75, 3.05) is 7.11 Å². The summed E-state index contributed by atoms with van der Waals surface area (Å²) in [7, 11) is 1.63. The first-order valence-corrected chi connectivity index (χ1v) is 7.83. The second-order valence-electron chi connectivity index (χ2n) is 4.67. The molecule has 0 aliphatic carbocycles. The number of nitriles is 1. The highest BCUT2D eigenvalue weighted by atomic mass is 32.2. The molecule has 0 amide bonds. The molecule has 0 saturated carbocycles. The van der Waals surface area contributed by atoms with Crippen molar-refractivity contribution in [1.82, 2.24) is 20.2 Å². The summed E-state index contributed by atoms with van der Waals surface area (Å²) in [6.07, 6.45) is 0. The summed E-state index contributed by atoms with van der Waals surface area (Å²) in [6.45, 7) is 0. The van der Waals surface area contributed by atoms with Crippen LogP contribution in [0.2, 0.25) is 0 Å². The molecule has 0 bridgehead atoms. The number of aromatic nitrogens is 4. The molecule has 2 aromatic carbocycles. The van der Waals surface area contributed by atoms with Crippen molar-refractivity contribution >= 4 is 11.8 Å². The second kappa shape index (κ2) is 6.94. The molecule has 0 aliphatic heterocycles. The molecule has 114 valence electrons. The second-order valence-corrected chi connectivity index (χ2v) is 5.61. The number of ether oxygens (including phenoxy) is 1. The van der Waals surface area contributed by atoms with E-state index in [0.29, 0.717) is 10.7 Å². The zero-order valence-electron chi connectivity index (χ0n) is 12.4. The average Bonchev–Trinajstić information content (AvgIpc) is 3.09. The lowest BCUT2D eigenvalue weighted by Crippen LogP contribution is -1.99. The minimum atomic E-state index is 0.654. The van der Waals surface area contributed by atoms with Crippen molar-refractivity contribution in [2.24, 2.45) is 0 Å². The SMILES string of the molecule is COc1ccc(-n2nnnc2SCc2ccc(C#N)cc2)cc1. The largest absolute Gasteiger partial charge is 0.497 e. The molecule has 0 spiro atoms. The number of thioether (sulfide) groups is 1. The van der Waals surface area contributed by atoms with Gasteiger partial charge in [-0.3, -0.25) is 0 Å². The van der Waals surface area contributed by atoms with Crippen LogP contribution in [0.25, 0.3) is 5.69 Å². The molecule has 0 atom stereocenters. The number of benzene rings is 2. The van der Waals surface area contributed by atoms with Gasteiger partial charge in [-0.25, -0.2) is 0 Å². The Labute approximate surface area is 137 Å². The molecule has 3 rings (SSSR count). The van der Waals surface area contributed by atoms with Crippen LogP contribution in [0.15, 0.2) is 53.7 Å². The van der Waals surface area contributed by atoms with E-state index >= 15 is 0 Å². The highest BCUT2D eigenvalue weighted by Crippen LogP contribution is 2.23. The van der Waals surface area contributed by atoms with Crippen molar-refractivity contribution < 1.29 is 4.74 Å². The van der Waals surface area contributed by atoms with E-state index in [4.69, 9.17) is 10.00 Å². The molecule has 0 saturated heterocycles. The molecule has 0 radical (unpaired) electrons. The van der Waals surface area contributed by atoms with Crippen molar-refractivity contribution in [3.05, 3.63) is 59.7 Å². The van der Waals surface area contributed by atoms with Crippen LogP contribution in [0.5, 0.6) is 5.75 Å². The third-order valence-corrected chi connectivity index (χ3v) is 4.20. The van der Waals surface area contributed by atoms with E-state index in [0.717, 1.165) is 22.8 Å². The van der Waals surface area contributed by atoms with E-state index in [1.54, 1.807) is 11.8 Å². The van der Waals surface area contributed by atoms with Crippen LogP contribution >= 0.6 is 11.8 Å². The summed E-state index contributed by atoms with van der Waals surface area (Å²) in [5.74, 6) is 1.51. The standard InChI is InChI=1S/C16H13N5OS/c1-22-15-8-6-14(7-9-15)21-16(18-19-20-21)23-11-13-4-2-12(10-17)3-5-13/h2-9H,11H2,1H3. The Morgan fingerprint density at radius 3 is 2.52 bits per heavy atom. The number of rotatable bonds is 5. The molecule has 0 unspecified atom stereocenters. The molecule has 0 fully saturated rings. The maximum Gasteiger partial charge on any atom is 0.214 e. The van der Waals surface area contributed by atoms with Crippen molar-refractivity contribution in [1.29, 1.82) is 5.26 Å². The summed E-state index contributed by atoms with van der Waals surface area (Å²) in [5.41, 5.74) is 2.64. The summed E-state index contributed by atoms with van der Waals surface area (Å²) in [4.78, 5) is 0. The van der Waals surface area contributed by atoms with Crippen LogP contribution < -0.4 is 4.74 Å². The van der Waals surface area contributed by atoms with Gasteiger partial charge in [0.1, 0.15) is 5.75 Å². The first-order chi connectivity index (χ1) is 11.3. The summed E-state index contributed by atoms with van der Waals surface area (Å²) < 4.78 is 6.84. The lowest BCUT2D eigenvalue weighted by Gasteiger charge is -2.05. The van der Waals surface area contributed by atoms with Crippen LogP contribution in [0.4, 0.5) is 0 Å². The quantitative estimate of drug-likeness (QED) is 0.672. The van der Waals surface area contributed by atoms with Crippen LogP contribution in [-0.4, -0.2) is 27.3 Å². The number of methoxy groups -OCH3 is 1. The highest BCUT2D eigenvalue weighted by Gasteiger charge is 2.09. The summed E-state index contributed by atoms with van der Waals surface area (Å²) in [6, 6.07) is 17.1. The highest BCUT2D eigenvalue weighted by molar-refractivity contribution is 7.98. The number of nitrogens with zero attached hydrogens (tertiary/aromatic N) is 5. The maximum absolute atomic E-state index is 8.81. The fourth-order valence-electron chi connectivity index (χ4n) is 1.98. The lowest BCUT2D eigenvalue weighted by atomic mass is 10.2. The monoisotopic (exact) mass is 323 g/mol. The van der Waals surface area contributed by atoms with Gasteiger partial charge in [-0.05, 0) is 52.4 Å². The van der Waals surface area contributed by atoms with Crippen LogP contribution in [0.3, 0.4) is 0 Å². The Kier molecular flexibility index (Phi) is 4.54. The molecular weight excluding hydrogens is 310 g/mol. The van der Waals surface area contributed by atoms with E-state index in [9.17, 15) is 0 Å². The van der Waals surface area contributed by atoms with E-state index in [1.165, 1.54) is 11.8 Å². The third-order valence-electron chi connectivity index (χ3n) is 3.21. The molecular formula is C16H13N5OS. The third kappa shape index (κ3) is 3.49. The summed E-state index contributed by atoms with van der Waals surface area (Å²) in [5, 5.41) is 21.4. The molecule has 0 N–H and O–H groups in total. The van der Waals surface area contributed by atoms with Gasteiger partial charge in [0.2, 0.25) is 5.16 Å². The van der Waals surface area contributed by atoms with E-state index < -0.39 is 0 Å². The molecule has 7 heteroatoms. The van der Waals surface area contributed by atoms with Crippen molar-refractivity contribution in [3.8, 4) is 17.5 Å². The average molecular weight is 323 g/mol. The van der Waals surface area contributed by atoms with Gasteiger partial charge in [-0.15, -0.1) is 5.10 Å². The first-order valence-electron chi connectivity index (χ1n) is 6.85. The van der Waals surface area contributed by atoms with E-state index in [-0.39, 0.29) is 0 Å². The van der Waals surface area contributed by atoms with E-state index in [1.807, 2.05) is 48.5 Å². The smallest absolute Gasteiger partial charge is 0.214 e. The topological polar surface area (TPSA) is 76.6 Å². The predicted octanol–water partition coefficient (Wildman–Crippen LogP) is 2.83. The fourth-order valence-corrected chi connectivity index (χ4v) is 2.82. The van der Waals surface area contributed by atoms with Gasteiger partial charge in [-0.1, -0.05) is 23.9 Å². The minimum absolute atomic E-state index is 0.654.